The number of ketones is 1. The third-order valence-electron chi connectivity index (χ3n) is 8.80. The van der Waals surface area contributed by atoms with Crippen molar-refractivity contribution in [1.82, 2.24) is 0 Å². The Kier molecular flexibility index (Phi) is 3.33. The zero-order valence-electron chi connectivity index (χ0n) is 18.1. The molecule has 0 saturated heterocycles. The summed E-state index contributed by atoms with van der Waals surface area (Å²) in [6.07, 6.45) is 7.77. The highest BCUT2D eigenvalue weighted by Gasteiger charge is 2.60. The average Bonchev–Trinajstić information content (AvgIpc) is 2.86. The van der Waals surface area contributed by atoms with Gasteiger partial charge in [0.05, 0.1) is 8.85 Å². The largest absolute Gasteiger partial charge is 0.393 e. The van der Waals surface area contributed by atoms with Gasteiger partial charge in [-0.05, 0) is 92.3 Å². The van der Waals surface area contributed by atoms with Crippen LogP contribution in [0.15, 0.2) is 0 Å². The average molecular weight is 338 g/mol. The summed E-state index contributed by atoms with van der Waals surface area (Å²) in [5, 5.41) is 19.8. The summed E-state index contributed by atoms with van der Waals surface area (Å²) >= 11 is 0. The van der Waals surface area contributed by atoms with Crippen LogP contribution in [0, 0.1) is 40.4 Å². The van der Waals surface area contributed by atoms with Crippen molar-refractivity contribution < 1.29 is 19.1 Å². The van der Waals surface area contributed by atoms with E-state index in [2.05, 4.69) is 6.92 Å². The van der Waals surface area contributed by atoms with Gasteiger partial charge < -0.3 is 10.2 Å². The zero-order chi connectivity index (χ0) is 19.8. The van der Waals surface area contributed by atoms with Gasteiger partial charge >= 0.3 is 0 Å². The Labute approximate surface area is 150 Å². The molecule has 4 saturated carbocycles. The van der Waals surface area contributed by atoms with Crippen molar-refractivity contribution in [2.24, 2.45) is 40.4 Å². The number of rotatable bonds is 2. The maximum atomic E-state index is 12.7. The van der Waals surface area contributed by atoms with Crippen LogP contribution in [0.3, 0.4) is 0 Å². The van der Waals surface area contributed by atoms with Gasteiger partial charge in [-0.2, -0.15) is 0 Å². The first-order valence-corrected chi connectivity index (χ1v) is 9.89. The lowest BCUT2D eigenvalue weighted by Crippen LogP contribution is -2.54. The quantitative estimate of drug-likeness (QED) is 0.810. The summed E-state index contributed by atoms with van der Waals surface area (Å²) in [6, 6.07) is 0. The molecule has 0 aromatic rings. The van der Waals surface area contributed by atoms with E-state index < -0.39 is 23.7 Å². The third-order valence-corrected chi connectivity index (χ3v) is 8.80. The molecule has 0 aliphatic heterocycles. The van der Waals surface area contributed by atoms with Crippen LogP contribution in [0.2, 0.25) is 0 Å². The minimum Gasteiger partial charge on any atom is -0.393 e. The molecule has 0 radical (unpaired) electrons. The molecule has 0 unspecified atom stereocenters. The first-order valence-electron chi connectivity index (χ1n) is 11.4. The van der Waals surface area contributed by atoms with Gasteiger partial charge in [-0.15, -0.1) is 0 Å². The number of fused-ring (bicyclic) bond motifs is 5. The van der Waals surface area contributed by atoms with Gasteiger partial charge in [-0.1, -0.05) is 13.8 Å². The van der Waals surface area contributed by atoms with Crippen LogP contribution >= 0.6 is 0 Å². The number of aliphatic hydroxyl groups is 2. The molecular weight excluding hydrogens is 300 g/mol. The maximum absolute atomic E-state index is 12.7. The third kappa shape index (κ3) is 2.26. The summed E-state index contributed by atoms with van der Waals surface area (Å²) in [7, 11) is 0. The van der Waals surface area contributed by atoms with E-state index in [0.717, 1.165) is 51.4 Å². The van der Waals surface area contributed by atoms with E-state index in [4.69, 9.17) is 4.11 Å². The molecule has 4 fully saturated rings. The van der Waals surface area contributed by atoms with Crippen LogP contribution in [0.1, 0.15) is 75.7 Å². The number of carbonyl (C=O) groups excluding carboxylic acids is 1. The lowest BCUT2D eigenvalue weighted by atomic mass is 9.44. The van der Waals surface area contributed by atoms with Crippen LogP contribution in [0.4, 0.5) is 0 Å². The van der Waals surface area contributed by atoms with Crippen LogP contribution in [0.25, 0.3) is 0 Å². The second-order valence-corrected chi connectivity index (χ2v) is 9.50. The zero-order valence-corrected chi connectivity index (χ0v) is 15.1. The number of Topliss-reactive ketones (excluding diaryl/α,β-unsaturated/α-hetero) is 1. The van der Waals surface area contributed by atoms with Crippen molar-refractivity contribution in [3.63, 3.8) is 0 Å². The Morgan fingerprint density at radius 3 is 2.54 bits per heavy atom. The molecule has 0 heterocycles. The van der Waals surface area contributed by atoms with Crippen molar-refractivity contribution in [2.75, 3.05) is 6.56 Å². The standard InChI is InChI=1S/C21H34O3/c1-20-9-7-14(23)11-13(20)3-4-15-16-5-6-18(19(24)12-22)21(16,2)10-8-17(15)20/h13-18,22-23H,3-12H2,1-2H3/t13-,14+,15-,16-,17-,18+,20-,21-/m0/s1/i12D2,18D. The van der Waals surface area contributed by atoms with Crippen molar-refractivity contribution in [2.45, 2.75) is 77.7 Å². The molecule has 0 spiro atoms. The number of carbonyl (C=O) groups is 1. The molecule has 3 nitrogen and oxygen atoms in total. The molecule has 24 heavy (non-hydrogen) atoms. The number of hydrogen-bond acceptors (Lipinski definition) is 3. The van der Waals surface area contributed by atoms with E-state index in [9.17, 15) is 15.0 Å². The SMILES string of the molecule is [2H]C([2H])(O)C(=O)[C@@]1([2H])CC[C@H]2[C@@H]3CC[C@H]4C[C@H](O)CC[C@]4(C)[C@H]3CC[C@@]21C. The molecule has 3 heteroatoms. The Morgan fingerprint density at radius 1 is 1.08 bits per heavy atom. The first-order chi connectivity index (χ1) is 12.4. The van der Waals surface area contributed by atoms with Crippen molar-refractivity contribution in [3.05, 3.63) is 0 Å². The van der Waals surface area contributed by atoms with Crippen LogP contribution in [-0.2, 0) is 4.79 Å². The second-order valence-electron chi connectivity index (χ2n) is 9.50. The van der Waals surface area contributed by atoms with E-state index in [1.165, 1.54) is 0 Å². The molecular formula is C21H34O3. The Balaban J connectivity index is 1.64. The Bertz CT molecular complexity index is 635. The second kappa shape index (κ2) is 5.81. The molecule has 0 aromatic heterocycles. The van der Waals surface area contributed by atoms with E-state index in [1.54, 1.807) is 0 Å². The molecule has 8 atom stereocenters. The van der Waals surface area contributed by atoms with Gasteiger partial charge in [-0.3, -0.25) is 4.79 Å². The summed E-state index contributed by atoms with van der Waals surface area (Å²) < 4.78 is 23.9. The van der Waals surface area contributed by atoms with E-state index in [-0.39, 0.29) is 17.4 Å². The van der Waals surface area contributed by atoms with Crippen LogP contribution in [0.5, 0.6) is 0 Å². The Morgan fingerprint density at radius 2 is 1.79 bits per heavy atom. The highest BCUT2D eigenvalue weighted by molar-refractivity contribution is 5.83. The van der Waals surface area contributed by atoms with Gasteiger partial charge in [0.25, 0.3) is 0 Å². The van der Waals surface area contributed by atoms with Crippen LogP contribution in [-0.4, -0.2) is 28.7 Å². The summed E-state index contributed by atoms with van der Waals surface area (Å²) in [6.45, 7) is 1.49. The van der Waals surface area contributed by atoms with Crippen molar-refractivity contribution >= 4 is 5.78 Å². The Hall–Kier alpha value is -0.410. The molecule has 0 aromatic carbocycles. The normalized spacial score (nSPS) is 59.3. The molecule has 2 N–H and O–H groups in total. The molecule has 0 amide bonds. The van der Waals surface area contributed by atoms with E-state index in [1.807, 2.05) is 6.92 Å². The summed E-state index contributed by atoms with van der Waals surface area (Å²) in [5.41, 5.74) is -0.314. The number of aliphatic hydroxyl groups excluding tert-OH is 1. The fourth-order valence-corrected chi connectivity index (χ4v) is 7.49. The van der Waals surface area contributed by atoms with E-state index >= 15 is 0 Å². The summed E-state index contributed by atoms with van der Waals surface area (Å²) in [5.74, 6) is -0.595. The van der Waals surface area contributed by atoms with Crippen molar-refractivity contribution in [3.8, 4) is 0 Å². The van der Waals surface area contributed by atoms with Gasteiger partial charge in [0, 0.05) is 7.26 Å². The molecule has 0 bridgehead atoms. The molecule has 136 valence electrons. The van der Waals surface area contributed by atoms with Gasteiger partial charge in [-0.25, -0.2) is 0 Å². The molecule has 4 aliphatic rings. The minimum atomic E-state index is -2.93. The predicted molar refractivity (Wildman–Crippen MR) is 93.3 cm³/mol. The number of hydrogen-bond donors (Lipinski definition) is 2. The highest BCUT2D eigenvalue weighted by Crippen LogP contribution is 2.67. The minimum absolute atomic E-state index is 0.162. The first kappa shape index (κ1) is 13.7. The topological polar surface area (TPSA) is 57.5 Å². The molecule has 4 rings (SSSR count). The van der Waals surface area contributed by atoms with E-state index in [0.29, 0.717) is 24.2 Å². The summed E-state index contributed by atoms with van der Waals surface area (Å²) in [4.78, 5) is 12.7. The lowest BCUT2D eigenvalue weighted by molar-refractivity contribution is -0.141. The van der Waals surface area contributed by atoms with Gasteiger partial charge in [0.2, 0.25) is 0 Å². The molecule has 4 aliphatic carbocycles. The predicted octanol–water partition coefficient (Wildman–Crippen LogP) is 3.57. The lowest BCUT2D eigenvalue weighted by Gasteiger charge is -2.60. The van der Waals surface area contributed by atoms with Gasteiger partial charge in [0.1, 0.15) is 6.56 Å². The van der Waals surface area contributed by atoms with Gasteiger partial charge in [0.15, 0.2) is 5.78 Å². The van der Waals surface area contributed by atoms with Crippen molar-refractivity contribution in [1.29, 1.82) is 0 Å². The smallest absolute Gasteiger partial charge is 0.161 e. The monoisotopic (exact) mass is 337 g/mol. The van der Waals surface area contributed by atoms with Crippen LogP contribution < -0.4 is 0 Å². The maximum Gasteiger partial charge on any atom is 0.161 e. The fraction of sp³-hybridized carbons (Fsp3) is 0.952. The fourth-order valence-electron chi connectivity index (χ4n) is 7.49. The highest BCUT2D eigenvalue weighted by atomic mass is 16.3.